The average molecular weight is 427 g/mol. The smallest absolute Gasteiger partial charge is 0.262 e. The first-order valence-corrected chi connectivity index (χ1v) is 10.5. The van der Waals surface area contributed by atoms with Crippen molar-refractivity contribution in [2.24, 2.45) is 0 Å². The lowest BCUT2D eigenvalue weighted by Gasteiger charge is -2.16. The fourth-order valence-electron chi connectivity index (χ4n) is 3.57. The number of amides is 1. The lowest BCUT2D eigenvalue weighted by Crippen LogP contribution is -2.21. The number of benzene rings is 4. The Balaban J connectivity index is 1.47. The molecule has 0 saturated heterocycles. The third-order valence-corrected chi connectivity index (χ3v) is 5.22. The van der Waals surface area contributed by atoms with Crippen molar-refractivity contribution in [3.8, 4) is 11.5 Å². The molecule has 0 fully saturated rings. The van der Waals surface area contributed by atoms with Crippen molar-refractivity contribution in [3.63, 3.8) is 0 Å². The van der Waals surface area contributed by atoms with Crippen LogP contribution in [0.25, 0.3) is 10.8 Å². The summed E-state index contributed by atoms with van der Waals surface area (Å²) < 4.78 is 11.4. The number of hydrogen-bond donors (Lipinski definition) is 2. The number of anilines is 2. The Hall–Kier alpha value is -3.99. The molecule has 0 spiro atoms. The summed E-state index contributed by atoms with van der Waals surface area (Å²) >= 11 is 0. The highest BCUT2D eigenvalue weighted by Gasteiger charge is 2.13. The second kappa shape index (κ2) is 9.88. The molecule has 0 atom stereocenters. The van der Waals surface area contributed by atoms with E-state index in [1.807, 2.05) is 67.6 Å². The maximum Gasteiger partial charge on any atom is 0.262 e. The van der Waals surface area contributed by atoms with E-state index in [-0.39, 0.29) is 12.5 Å². The van der Waals surface area contributed by atoms with Crippen LogP contribution in [0.1, 0.15) is 11.1 Å². The van der Waals surface area contributed by atoms with E-state index in [1.54, 1.807) is 7.11 Å². The first-order valence-electron chi connectivity index (χ1n) is 10.5. The van der Waals surface area contributed by atoms with Crippen LogP contribution in [0.15, 0.2) is 84.9 Å². The van der Waals surface area contributed by atoms with Crippen molar-refractivity contribution in [1.29, 1.82) is 0 Å². The van der Waals surface area contributed by atoms with Gasteiger partial charge in [0, 0.05) is 28.9 Å². The number of para-hydroxylation sites is 1. The van der Waals surface area contributed by atoms with Crippen molar-refractivity contribution in [3.05, 3.63) is 96.1 Å². The highest BCUT2D eigenvalue weighted by atomic mass is 16.5. The van der Waals surface area contributed by atoms with Crippen LogP contribution >= 0.6 is 0 Å². The number of carbonyl (C=O) groups excluding carboxylic acids is 1. The summed E-state index contributed by atoms with van der Waals surface area (Å²) in [4.78, 5) is 12.4. The van der Waals surface area contributed by atoms with Crippen LogP contribution < -0.4 is 20.1 Å². The second-order valence-corrected chi connectivity index (χ2v) is 7.53. The number of rotatable bonds is 8. The van der Waals surface area contributed by atoms with Gasteiger partial charge in [-0.1, -0.05) is 66.2 Å². The van der Waals surface area contributed by atoms with Gasteiger partial charge in [-0.15, -0.1) is 0 Å². The molecule has 4 rings (SSSR count). The van der Waals surface area contributed by atoms with Gasteiger partial charge in [-0.2, -0.15) is 0 Å². The van der Waals surface area contributed by atoms with Crippen LogP contribution in [0.4, 0.5) is 11.4 Å². The maximum atomic E-state index is 12.4. The molecule has 5 nitrogen and oxygen atoms in total. The molecule has 4 aromatic rings. The summed E-state index contributed by atoms with van der Waals surface area (Å²) in [7, 11) is 1.59. The monoisotopic (exact) mass is 426 g/mol. The Morgan fingerprint density at radius 1 is 0.875 bits per heavy atom. The molecule has 0 saturated carbocycles. The summed E-state index contributed by atoms with van der Waals surface area (Å²) in [6.45, 7) is 2.42. The van der Waals surface area contributed by atoms with Gasteiger partial charge in [0.25, 0.3) is 5.91 Å². The lowest BCUT2D eigenvalue weighted by molar-refractivity contribution is -0.118. The molecule has 0 aromatic heterocycles. The van der Waals surface area contributed by atoms with E-state index in [4.69, 9.17) is 9.47 Å². The van der Waals surface area contributed by atoms with Gasteiger partial charge in [0.05, 0.1) is 7.11 Å². The lowest BCUT2D eigenvalue weighted by atomic mass is 10.1. The van der Waals surface area contributed by atoms with E-state index in [0.717, 1.165) is 27.9 Å². The van der Waals surface area contributed by atoms with Crippen LogP contribution in [-0.2, 0) is 11.3 Å². The highest BCUT2D eigenvalue weighted by Crippen LogP contribution is 2.32. The van der Waals surface area contributed by atoms with Gasteiger partial charge < -0.3 is 20.1 Å². The van der Waals surface area contributed by atoms with Crippen molar-refractivity contribution in [2.45, 2.75) is 13.5 Å². The Bertz CT molecular complexity index is 1210. The summed E-state index contributed by atoms with van der Waals surface area (Å²) in [5.74, 6) is 0.917. The Kier molecular flexibility index (Phi) is 6.56. The average Bonchev–Trinajstić information content (AvgIpc) is 2.83. The number of aryl methyl sites for hydroxylation is 1. The molecule has 0 aliphatic carbocycles. The predicted molar refractivity (Wildman–Crippen MR) is 130 cm³/mol. The number of methoxy groups -OCH3 is 1. The number of hydrogen-bond acceptors (Lipinski definition) is 4. The van der Waals surface area contributed by atoms with Crippen molar-refractivity contribution in [1.82, 2.24) is 0 Å². The molecule has 162 valence electrons. The molecule has 4 aromatic carbocycles. The molecule has 0 bridgehead atoms. The van der Waals surface area contributed by atoms with Gasteiger partial charge in [0.1, 0.15) is 0 Å². The van der Waals surface area contributed by atoms with Crippen molar-refractivity contribution in [2.75, 3.05) is 24.4 Å². The van der Waals surface area contributed by atoms with Crippen molar-refractivity contribution < 1.29 is 14.3 Å². The zero-order chi connectivity index (χ0) is 22.3. The molecule has 0 heterocycles. The number of nitrogens with one attached hydrogen (secondary N) is 2. The van der Waals surface area contributed by atoms with Gasteiger partial charge in [0.2, 0.25) is 0 Å². The molecule has 0 unspecified atom stereocenters. The van der Waals surface area contributed by atoms with Gasteiger partial charge >= 0.3 is 0 Å². The minimum atomic E-state index is -0.229. The summed E-state index contributed by atoms with van der Waals surface area (Å²) in [5, 5.41) is 8.67. The summed E-state index contributed by atoms with van der Waals surface area (Å²) in [5.41, 5.74) is 3.81. The minimum Gasteiger partial charge on any atom is -0.493 e. The normalized spacial score (nSPS) is 10.6. The van der Waals surface area contributed by atoms with Crippen LogP contribution in [0, 0.1) is 6.92 Å². The molecule has 2 N–H and O–H groups in total. The molecule has 0 radical (unpaired) electrons. The molecule has 0 aliphatic heterocycles. The van der Waals surface area contributed by atoms with Crippen molar-refractivity contribution >= 4 is 28.1 Å². The van der Waals surface area contributed by atoms with Gasteiger partial charge in [-0.25, -0.2) is 0 Å². The molecular weight excluding hydrogens is 400 g/mol. The van der Waals surface area contributed by atoms with Gasteiger partial charge in [-0.05, 0) is 36.6 Å². The molecule has 1 amide bonds. The largest absolute Gasteiger partial charge is 0.493 e. The molecule has 0 aliphatic rings. The van der Waals surface area contributed by atoms with Crippen LogP contribution in [0.3, 0.4) is 0 Å². The number of fused-ring (bicyclic) bond motifs is 1. The maximum absolute atomic E-state index is 12.4. The standard InChI is InChI=1S/C27H26N2O3/c1-19-13-15-22(16-14-19)29-26(30)18-32-27-21(9-6-12-25(27)31-2)17-28-24-11-5-8-20-7-3-4-10-23(20)24/h3-16,28H,17-18H2,1-2H3,(H,29,30). The third kappa shape index (κ3) is 5.01. The fourth-order valence-corrected chi connectivity index (χ4v) is 3.57. The summed E-state index contributed by atoms with van der Waals surface area (Å²) in [6.07, 6.45) is 0. The Labute approximate surface area is 188 Å². The molecule has 32 heavy (non-hydrogen) atoms. The zero-order valence-corrected chi connectivity index (χ0v) is 18.2. The first-order chi connectivity index (χ1) is 15.6. The van der Waals surface area contributed by atoms with E-state index in [9.17, 15) is 4.79 Å². The van der Waals surface area contributed by atoms with Crippen LogP contribution in [0.5, 0.6) is 11.5 Å². The molecule has 5 heteroatoms. The highest BCUT2D eigenvalue weighted by molar-refractivity contribution is 5.94. The van der Waals surface area contributed by atoms with Gasteiger partial charge in [-0.3, -0.25) is 4.79 Å². The summed E-state index contributed by atoms with van der Waals surface area (Å²) in [6, 6.07) is 27.8. The van der Waals surface area contributed by atoms with Gasteiger partial charge in [0.15, 0.2) is 18.1 Å². The van der Waals surface area contributed by atoms with Crippen LogP contribution in [-0.4, -0.2) is 19.6 Å². The Morgan fingerprint density at radius 3 is 2.44 bits per heavy atom. The second-order valence-electron chi connectivity index (χ2n) is 7.53. The number of ether oxygens (including phenoxy) is 2. The van der Waals surface area contributed by atoms with E-state index in [1.165, 1.54) is 5.39 Å². The van der Waals surface area contributed by atoms with E-state index in [2.05, 4.69) is 34.9 Å². The van der Waals surface area contributed by atoms with E-state index in [0.29, 0.717) is 18.0 Å². The third-order valence-electron chi connectivity index (χ3n) is 5.22. The van der Waals surface area contributed by atoms with Crippen LogP contribution in [0.2, 0.25) is 0 Å². The van der Waals surface area contributed by atoms with E-state index < -0.39 is 0 Å². The Morgan fingerprint density at radius 2 is 1.62 bits per heavy atom. The topological polar surface area (TPSA) is 59.6 Å². The molecular formula is C27H26N2O3. The zero-order valence-electron chi connectivity index (χ0n) is 18.2. The quantitative estimate of drug-likeness (QED) is 0.375. The fraction of sp³-hybridized carbons (Fsp3) is 0.148. The predicted octanol–water partition coefficient (Wildman–Crippen LogP) is 5.79. The number of carbonyl (C=O) groups is 1. The van der Waals surface area contributed by atoms with E-state index >= 15 is 0 Å². The minimum absolute atomic E-state index is 0.116. The SMILES string of the molecule is COc1cccc(CNc2cccc3ccccc23)c1OCC(=O)Nc1ccc(C)cc1. The first kappa shape index (κ1) is 21.2.